The Morgan fingerprint density at radius 2 is 1.66 bits per heavy atom. The van der Waals surface area contributed by atoms with Crippen LogP contribution in [0.1, 0.15) is 17.4 Å². The first-order valence-electron chi connectivity index (χ1n) is 9.83. The van der Waals surface area contributed by atoms with Gasteiger partial charge in [-0.1, -0.05) is 41.6 Å². The van der Waals surface area contributed by atoms with Crippen molar-refractivity contribution in [2.45, 2.75) is 31.9 Å². The highest BCUT2D eigenvalue weighted by Gasteiger charge is 2.44. The smallest absolute Gasteiger partial charge is 0.428 e. The van der Waals surface area contributed by atoms with E-state index >= 15 is 0 Å². The predicted octanol–water partition coefficient (Wildman–Crippen LogP) is 5.77. The molecule has 0 aromatic heterocycles. The number of amidine groups is 1. The molecule has 0 saturated carbocycles. The van der Waals surface area contributed by atoms with E-state index in [1.165, 1.54) is 0 Å². The Labute approximate surface area is 199 Å². The van der Waals surface area contributed by atoms with Crippen LogP contribution in [0.5, 0.6) is 5.75 Å². The summed E-state index contributed by atoms with van der Waals surface area (Å²) in [5.74, 6) is -0.717. The van der Waals surface area contributed by atoms with Gasteiger partial charge in [0.2, 0.25) is 0 Å². The lowest BCUT2D eigenvalue weighted by Crippen LogP contribution is -2.53. The number of benzene rings is 2. The highest BCUT2D eigenvalue weighted by molar-refractivity contribution is 8.14. The summed E-state index contributed by atoms with van der Waals surface area (Å²) in [6, 6.07) is 9.31. The Morgan fingerprint density at radius 1 is 1.06 bits per heavy atom. The van der Waals surface area contributed by atoms with Crippen molar-refractivity contribution in [3.05, 3.63) is 59.7 Å². The molecule has 1 saturated heterocycles. The van der Waals surface area contributed by atoms with Crippen LogP contribution in [0, 0.1) is 6.92 Å². The molecule has 0 radical (unpaired) electrons. The number of halogens is 7. The number of alkyl halides is 7. The molecule has 2 aromatic carbocycles. The molecule has 2 amide bonds. The number of hydrogen-bond acceptors (Lipinski definition) is 5. The van der Waals surface area contributed by atoms with Crippen LogP contribution in [0.4, 0.5) is 41.2 Å². The van der Waals surface area contributed by atoms with Crippen LogP contribution in [0.3, 0.4) is 0 Å². The number of ether oxygens (including phenoxy) is 1. The Hall–Kier alpha value is -3.00. The van der Waals surface area contributed by atoms with Gasteiger partial charge in [-0.3, -0.25) is 9.80 Å². The number of aliphatic imine (C=N–C) groups is 1. The van der Waals surface area contributed by atoms with Crippen molar-refractivity contribution in [1.82, 2.24) is 4.90 Å². The lowest BCUT2D eigenvalue weighted by Gasteiger charge is -2.36. The van der Waals surface area contributed by atoms with Gasteiger partial charge in [-0.15, -0.1) is 0 Å². The number of carbonyl (C=O) groups excluding carboxylic acids is 1. The number of thioether (sulfide) groups is 1. The van der Waals surface area contributed by atoms with Gasteiger partial charge in [0.1, 0.15) is 12.3 Å². The van der Waals surface area contributed by atoms with Crippen molar-refractivity contribution in [1.29, 1.82) is 0 Å². The molecule has 3 rings (SSSR count). The summed E-state index contributed by atoms with van der Waals surface area (Å²) < 4.78 is 94.0. The summed E-state index contributed by atoms with van der Waals surface area (Å²) in [5.41, 5.74) is 1.19. The van der Waals surface area contributed by atoms with Gasteiger partial charge in [0.15, 0.2) is 11.4 Å². The van der Waals surface area contributed by atoms with Crippen LogP contribution in [0.25, 0.3) is 0 Å². The first-order valence-corrected chi connectivity index (χ1v) is 10.8. The van der Waals surface area contributed by atoms with Crippen molar-refractivity contribution in [2.24, 2.45) is 4.99 Å². The number of amides is 2. The van der Waals surface area contributed by atoms with E-state index in [9.17, 15) is 40.6 Å². The van der Waals surface area contributed by atoms with Crippen LogP contribution >= 0.6 is 11.8 Å². The maximum Gasteiger partial charge on any atom is 0.461 e. The largest absolute Gasteiger partial charge is 0.461 e. The molecular formula is C21H18F7N3O3S. The zero-order valence-corrected chi connectivity index (χ0v) is 18.7. The molecule has 0 aliphatic carbocycles. The monoisotopic (exact) mass is 525 g/mol. The molecule has 0 spiro atoms. The van der Waals surface area contributed by atoms with Crippen LogP contribution in [-0.2, 0) is 0 Å². The number of aryl methyl sites for hydroxylation is 1. The van der Waals surface area contributed by atoms with Gasteiger partial charge in [-0.05, 0) is 31.2 Å². The molecule has 2 aromatic rings. The van der Waals surface area contributed by atoms with E-state index in [2.05, 4.69) is 9.73 Å². The van der Waals surface area contributed by atoms with E-state index in [1.807, 2.05) is 6.92 Å². The molecule has 1 unspecified atom stereocenters. The van der Waals surface area contributed by atoms with Gasteiger partial charge >= 0.3 is 24.7 Å². The van der Waals surface area contributed by atoms with E-state index in [0.717, 1.165) is 46.5 Å². The Kier molecular flexibility index (Phi) is 7.84. The summed E-state index contributed by atoms with van der Waals surface area (Å²) in [6.45, 7) is 0.143. The minimum absolute atomic E-state index is 0.0637. The number of aliphatic hydroxyl groups excluding tert-OH is 1. The fourth-order valence-electron chi connectivity index (χ4n) is 2.90. The van der Waals surface area contributed by atoms with E-state index in [4.69, 9.17) is 0 Å². The third kappa shape index (κ3) is 6.78. The molecule has 35 heavy (non-hydrogen) atoms. The fraction of sp³-hybridized carbons (Fsp3) is 0.333. The van der Waals surface area contributed by atoms with Gasteiger partial charge in [0.05, 0.1) is 5.88 Å². The summed E-state index contributed by atoms with van der Waals surface area (Å²) in [7, 11) is 0. The molecule has 190 valence electrons. The quantitative estimate of drug-likeness (QED) is 0.466. The predicted molar refractivity (Wildman–Crippen MR) is 115 cm³/mol. The molecule has 6 nitrogen and oxygen atoms in total. The van der Waals surface area contributed by atoms with Crippen molar-refractivity contribution >= 4 is 28.6 Å². The summed E-state index contributed by atoms with van der Waals surface area (Å²) in [4.78, 5) is 18.2. The van der Waals surface area contributed by atoms with Crippen LogP contribution in [0.2, 0.25) is 0 Å². The van der Waals surface area contributed by atoms with Crippen LogP contribution in [0.15, 0.2) is 53.5 Å². The zero-order chi connectivity index (χ0) is 26.0. The molecule has 1 fully saturated rings. The summed E-state index contributed by atoms with van der Waals surface area (Å²) >= 11 is 0.774. The maximum absolute atomic E-state index is 13.2. The Balaban J connectivity index is 1.82. The van der Waals surface area contributed by atoms with Crippen molar-refractivity contribution in [2.75, 3.05) is 17.3 Å². The Bertz CT molecular complexity index is 1060. The van der Waals surface area contributed by atoms with Crippen molar-refractivity contribution in [3.63, 3.8) is 0 Å². The Morgan fingerprint density at radius 3 is 2.20 bits per heavy atom. The lowest BCUT2D eigenvalue weighted by atomic mass is 10.2. The fourth-order valence-corrected chi connectivity index (χ4v) is 3.88. The zero-order valence-electron chi connectivity index (χ0n) is 17.8. The van der Waals surface area contributed by atoms with E-state index in [-0.39, 0.29) is 11.4 Å². The second kappa shape index (κ2) is 10.3. The average molecular weight is 525 g/mol. The van der Waals surface area contributed by atoms with Crippen molar-refractivity contribution in [3.8, 4) is 5.75 Å². The van der Waals surface area contributed by atoms with Crippen LogP contribution in [-0.4, -0.2) is 52.3 Å². The van der Waals surface area contributed by atoms with Gasteiger partial charge in [0.25, 0.3) is 0 Å². The first kappa shape index (κ1) is 26.6. The molecule has 1 aliphatic heterocycles. The maximum atomic E-state index is 13.2. The highest BCUT2D eigenvalue weighted by Crippen LogP contribution is 2.32. The van der Waals surface area contributed by atoms with Gasteiger partial charge in [0, 0.05) is 11.3 Å². The number of hydrogen-bond donors (Lipinski definition) is 1. The van der Waals surface area contributed by atoms with Gasteiger partial charge in [-0.2, -0.15) is 30.7 Å². The minimum Gasteiger partial charge on any atom is -0.428 e. The van der Waals surface area contributed by atoms with Crippen LogP contribution < -0.4 is 9.64 Å². The number of carbonyl (C=O) groups is 1. The molecule has 14 heteroatoms. The second-order valence-electron chi connectivity index (χ2n) is 7.34. The lowest BCUT2D eigenvalue weighted by molar-refractivity contribution is -0.253. The topological polar surface area (TPSA) is 65.4 Å². The van der Waals surface area contributed by atoms with E-state index in [0.29, 0.717) is 10.6 Å². The molecule has 1 aliphatic rings. The number of urea groups is 1. The molecular weight excluding hydrogens is 507 g/mol. The molecule has 1 N–H and O–H groups in total. The van der Waals surface area contributed by atoms with Crippen molar-refractivity contribution < 1.29 is 45.4 Å². The number of rotatable bonds is 7. The number of anilines is 1. The van der Waals surface area contributed by atoms with Gasteiger partial charge < -0.3 is 9.84 Å². The van der Waals surface area contributed by atoms with E-state index in [1.54, 1.807) is 24.3 Å². The summed E-state index contributed by atoms with van der Waals surface area (Å²) in [6.07, 6.45) is -15.4. The second-order valence-corrected chi connectivity index (χ2v) is 8.25. The third-order valence-corrected chi connectivity index (χ3v) is 5.59. The molecule has 0 bridgehead atoms. The number of nitrogens with zero attached hydrogens (tertiary/aromatic N) is 3. The van der Waals surface area contributed by atoms with E-state index < -0.39 is 48.4 Å². The molecule has 1 heterocycles. The minimum atomic E-state index is -4.77. The summed E-state index contributed by atoms with van der Waals surface area (Å²) in [5, 5.41) is 9.95. The standard InChI is InChI=1S/C21H18F7N3O3S/c1-12-2-6-14(7-3-12)31-11-35-18(30(19(31)33)10-20(24,25)26)29-16(32)13-4-8-15(9-5-13)34-21(27,28)17(22)23/h2-9,16-17,32H,10-11H2,1H3. The number of aliphatic hydroxyl groups is 1. The average Bonchev–Trinajstić information content (AvgIpc) is 2.76. The third-order valence-electron chi connectivity index (χ3n) is 4.62. The van der Waals surface area contributed by atoms with Gasteiger partial charge in [-0.25, -0.2) is 9.79 Å². The highest BCUT2D eigenvalue weighted by atomic mass is 32.2. The molecule has 1 atom stereocenters. The SMILES string of the molecule is Cc1ccc(N2CSC(=NC(O)c3ccc(OC(F)(F)C(F)F)cc3)N(CC(F)(F)F)C2=O)cc1. The first-order chi connectivity index (χ1) is 16.3. The normalized spacial score (nSPS) is 17.3.